The van der Waals surface area contributed by atoms with Gasteiger partial charge in [-0.1, -0.05) is 36.4 Å². The molecule has 0 unspecified atom stereocenters. The first-order valence-electron chi connectivity index (χ1n) is 16.5. The molecule has 0 atom stereocenters. The Balaban J connectivity index is 0.000000310. The third-order valence-electron chi connectivity index (χ3n) is 8.10. The number of azo groups is 2. The van der Waals surface area contributed by atoms with Gasteiger partial charge in [-0.05, 0) is 71.4 Å². The summed E-state index contributed by atoms with van der Waals surface area (Å²) in [4.78, 5) is 23.2. The van der Waals surface area contributed by atoms with E-state index in [0.29, 0.717) is 32.9 Å². The van der Waals surface area contributed by atoms with Crippen LogP contribution in [-0.2, 0) is 46.5 Å². The Morgan fingerprint density at radius 1 is 0.533 bits per heavy atom. The van der Waals surface area contributed by atoms with Crippen LogP contribution in [0.25, 0.3) is 21.5 Å². The van der Waals surface area contributed by atoms with E-state index < -0.39 is 31.9 Å². The van der Waals surface area contributed by atoms with Crippen molar-refractivity contribution in [3.63, 3.8) is 0 Å². The van der Waals surface area contributed by atoms with Crippen LogP contribution < -0.4 is 40.2 Å². The SMILES string of the molecule is COC(=O)Nc1cccc2ccc(O)c(N=Nc3cc(S(C)(=O)=O)ccc3O)c12.COC(=O)Nc1cccc2ccc(O)c(N=Nc3cc(S(C)(=O)=O)ccc3O)c12.[Cr].[Na+]. The van der Waals surface area contributed by atoms with Crippen molar-refractivity contribution in [1.29, 1.82) is 0 Å². The van der Waals surface area contributed by atoms with Crippen molar-refractivity contribution >= 4 is 87.5 Å². The zero-order valence-electron chi connectivity index (χ0n) is 32.3. The number of methoxy groups -OCH3 is 2. The van der Waals surface area contributed by atoms with Crippen molar-refractivity contribution in [1.82, 2.24) is 0 Å². The monoisotopic (exact) mass is 905 g/mol. The fourth-order valence-electron chi connectivity index (χ4n) is 5.27. The van der Waals surface area contributed by atoms with E-state index in [1.165, 1.54) is 62.8 Å². The molecule has 0 saturated carbocycles. The Morgan fingerprint density at radius 3 is 1.22 bits per heavy atom. The van der Waals surface area contributed by atoms with E-state index >= 15 is 0 Å². The van der Waals surface area contributed by atoms with Crippen molar-refractivity contribution in [2.45, 2.75) is 9.79 Å². The summed E-state index contributed by atoms with van der Waals surface area (Å²) < 4.78 is 56.1. The Hall–Kier alpha value is -5.79. The summed E-state index contributed by atoms with van der Waals surface area (Å²) in [5.41, 5.74) is 0.518. The third-order valence-corrected chi connectivity index (χ3v) is 10.3. The summed E-state index contributed by atoms with van der Waals surface area (Å²) in [6.07, 6.45) is 0.646. The summed E-state index contributed by atoms with van der Waals surface area (Å²) in [5, 5.41) is 63.6. The number of nitrogens with zero attached hydrogens (tertiary/aromatic N) is 4. The number of carbonyl (C=O) groups excluding carboxylic acids is 2. The topological polar surface area (TPSA) is 275 Å². The van der Waals surface area contributed by atoms with Crippen LogP contribution in [0.5, 0.6) is 23.0 Å². The Kier molecular flexibility index (Phi) is 16.6. The van der Waals surface area contributed by atoms with Gasteiger partial charge in [0.25, 0.3) is 0 Å². The number of anilines is 2. The normalized spacial score (nSPS) is 11.3. The van der Waals surface area contributed by atoms with Gasteiger partial charge in [-0.25, -0.2) is 26.4 Å². The zero-order valence-corrected chi connectivity index (χ0v) is 37.2. The maximum absolute atomic E-state index is 11.7. The number of amides is 2. The molecule has 0 fully saturated rings. The van der Waals surface area contributed by atoms with Crippen molar-refractivity contribution in [2.24, 2.45) is 20.5 Å². The Labute approximate surface area is 375 Å². The first-order valence-corrected chi connectivity index (χ1v) is 20.3. The number of hydrogen-bond acceptors (Lipinski definition) is 16. The van der Waals surface area contributed by atoms with Crippen molar-refractivity contribution in [2.75, 3.05) is 37.4 Å². The van der Waals surface area contributed by atoms with Crippen LogP contribution in [0.2, 0.25) is 0 Å². The molecule has 6 rings (SSSR count). The molecule has 6 aromatic rings. The number of benzene rings is 6. The van der Waals surface area contributed by atoms with Crippen LogP contribution in [0.4, 0.5) is 43.7 Å². The quantitative estimate of drug-likeness (QED) is 0.0817. The minimum Gasteiger partial charge on any atom is -0.506 e. The van der Waals surface area contributed by atoms with Gasteiger partial charge in [0.1, 0.15) is 45.7 Å². The number of ether oxygens (including phenoxy) is 2. The molecule has 6 N–H and O–H groups in total. The number of phenolic OH excluding ortho intramolecular Hbond substituents is 4. The van der Waals surface area contributed by atoms with Crippen molar-refractivity contribution < 1.29 is 103 Å². The van der Waals surface area contributed by atoms with E-state index in [2.05, 4.69) is 40.6 Å². The molecule has 0 aliphatic rings. The van der Waals surface area contributed by atoms with Crippen LogP contribution in [0.1, 0.15) is 0 Å². The van der Waals surface area contributed by atoms with Gasteiger partial charge in [0.15, 0.2) is 19.7 Å². The second-order valence-electron chi connectivity index (χ2n) is 12.2. The fourth-order valence-corrected chi connectivity index (χ4v) is 6.55. The standard InChI is InChI=1S/2C19H17N3O6S.Cr.Na/c2*1-28-19(25)20-13-5-3-4-11-6-8-16(24)18(17(11)13)22-21-14-10-12(29(2,26)27)7-9-15(14)23;;/h2*3-10,23-24H,1-2H3,(H,20,25);;/q;;;+1. The van der Waals surface area contributed by atoms with E-state index in [4.69, 9.17) is 0 Å². The molecule has 0 bridgehead atoms. The first-order chi connectivity index (χ1) is 27.4. The molecule has 306 valence electrons. The van der Waals surface area contributed by atoms with E-state index in [9.17, 15) is 46.9 Å². The maximum Gasteiger partial charge on any atom is 1.00 e. The van der Waals surface area contributed by atoms with Crippen molar-refractivity contribution in [3.05, 3.63) is 97.1 Å². The molecule has 0 aliphatic carbocycles. The number of nitrogens with one attached hydrogen (secondary N) is 2. The summed E-state index contributed by atoms with van der Waals surface area (Å²) in [5.74, 6) is -1.01. The fraction of sp³-hybridized carbons (Fsp3) is 0.105. The predicted molar refractivity (Wildman–Crippen MR) is 214 cm³/mol. The summed E-state index contributed by atoms with van der Waals surface area (Å²) >= 11 is 0. The molecular formula is C38H34CrN6NaO12S2+. The summed E-state index contributed by atoms with van der Waals surface area (Å²) in [6, 6.07) is 23.4. The van der Waals surface area contributed by atoms with Gasteiger partial charge in [0.05, 0.1) is 35.4 Å². The van der Waals surface area contributed by atoms with Crippen LogP contribution in [0, 0.1) is 0 Å². The van der Waals surface area contributed by atoms with Crippen molar-refractivity contribution in [3.8, 4) is 23.0 Å². The molecule has 2 amide bonds. The van der Waals surface area contributed by atoms with Crippen LogP contribution in [0.3, 0.4) is 0 Å². The van der Waals surface area contributed by atoms with Crippen LogP contribution >= 0.6 is 0 Å². The third kappa shape index (κ3) is 11.7. The van der Waals surface area contributed by atoms with Crippen LogP contribution in [-0.4, -0.2) is 76.2 Å². The molecule has 0 aromatic heterocycles. The molecular weight excluding hydrogens is 872 g/mol. The Morgan fingerprint density at radius 2 is 0.883 bits per heavy atom. The smallest absolute Gasteiger partial charge is 0.506 e. The second kappa shape index (κ2) is 20.5. The molecule has 18 nitrogen and oxygen atoms in total. The Bertz CT molecular complexity index is 2690. The molecule has 0 aliphatic heterocycles. The predicted octanol–water partition coefficient (Wildman–Crippen LogP) is 5.50. The summed E-state index contributed by atoms with van der Waals surface area (Å²) in [7, 11) is -4.59. The molecule has 60 heavy (non-hydrogen) atoms. The molecule has 0 heterocycles. The minimum atomic E-state index is -3.51. The number of sulfone groups is 2. The van der Waals surface area contributed by atoms with Gasteiger partial charge in [-0.3, -0.25) is 10.6 Å². The van der Waals surface area contributed by atoms with Crippen LogP contribution in [0.15, 0.2) is 127 Å². The second-order valence-corrected chi connectivity index (χ2v) is 16.2. The first kappa shape index (κ1) is 48.6. The number of hydrogen-bond donors (Lipinski definition) is 6. The number of fused-ring (bicyclic) bond motifs is 2. The van der Waals surface area contributed by atoms with E-state index in [0.717, 1.165) is 12.5 Å². The molecule has 0 radical (unpaired) electrons. The van der Waals surface area contributed by atoms with Gasteiger partial charge in [-0.15, -0.1) is 20.5 Å². The van der Waals surface area contributed by atoms with E-state index in [1.807, 2.05) is 0 Å². The van der Waals surface area contributed by atoms with E-state index in [1.54, 1.807) is 48.5 Å². The average molecular weight is 906 g/mol. The van der Waals surface area contributed by atoms with Gasteiger partial charge >= 0.3 is 41.7 Å². The maximum atomic E-state index is 11.7. The molecule has 22 heteroatoms. The molecule has 6 aromatic carbocycles. The number of aromatic hydroxyl groups is 4. The van der Waals surface area contributed by atoms with E-state index in [-0.39, 0.29) is 102 Å². The minimum absolute atomic E-state index is 0. The number of carbonyl (C=O) groups is 2. The van der Waals surface area contributed by atoms with Gasteiger partial charge < -0.3 is 29.9 Å². The van der Waals surface area contributed by atoms with Gasteiger partial charge in [0, 0.05) is 40.6 Å². The number of phenols is 4. The zero-order chi connectivity index (χ0) is 42.4. The average Bonchev–Trinajstić information content (AvgIpc) is 3.17. The molecule has 0 saturated heterocycles. The summed E-state index contributed by atoms with van der Waals surface area (Å²) in [6.45, 7) is 0. The number of rotatable bonds is 8. The van der Waals surface area contributed by atoms with Gasteiger partial charge in [0.2, 0.25) is 0 Å². The largest absolute Gasteiger partial charge is 1.00 e. The molecule has 0 spiro atoms. The van der Waals surface area contributed by atoms with Gasteiger partial charge in [-0.2, -0.15) is 0 Å².